The second kappa shape index (κ2) is 5.06. The number of rotatable bonds is 3. The van der Waals surface area contributed by atoms with E-state index < -0.39 is 0 Å². The molecule has 3 rings (SSSR count). The SMILES string of the molecule is Cc1ccc2oc(C(=O)CC3(N)CCCCC3)cc2c1. The van der Waals surface area contributed by atoms with Gasteiger partial charge in [0.1, 0.15) is 5.58 Å². The van der Waals surface area contributed by atoms with E-state index in [2.05, 4.69) is 0 Å². The first kappa shape index (κ1) is 13.4. The van der Waals surface area contributed by atoms with Crippen molar-refractivity contribution in [2.24, 2.45) is 5.73 Å². The third-order valence-corrected chi connectivity index (χ3v) is 4.31. The van der Waals surface area contributed by atoms with Crippen molar-refractivity contribution in [3.8, 4) is 0 Å². The lowest BCUT2D eigenvalue weighted by Crippen LogP contribution is -2.43. The van der Waals surface area contributed by atoms with E-state index in [4.69, 9.17) is 10.2 Å². The lowest BCUT2D eigenvalue weighted by molar-refractivity contribution is 0.0909. The molecule has 0 unspecified atom stereocenters. The number of Topliss-reactive ketones (excluding diaryl/α,β-unsaturated/α-hetero) is 1. The van der Waals surface area contributed by atoms with Gasteiger partial charge in [-0.1, -0.05) is 30.9 Å². The van der Waals surface area contributed by atoms with Crippen molar-refractivity contribution >= 4 is 16.8 Å². The van der Waals surface area contributed by atoms with Crippen molar-refractivity contribution < 1.29 is 9.21 Å². The summed E-state index contributed by atoms with van der Waals surface area (Å²) < 4.78 is 5.67. The summed E-state index contributed by atoms with van der Waals surface area (Å²) in [5.74, 6) is 0.476. The van der Waals surface area contributed by atoms with Crippen molar-refractivity contribution in [1.29, 1.82) is 0 Å². The van der Waals surface area contributed by atoms with E-state index >= 15 is 0 Å². The lowest BCUT2D eigenvalue weighted by atomic mass is 9.79. The van der Waals surface area contributed by atoms with Crippen LogP contribution in [0.3, 0.4) is 0 Å². The summed E-state index contributed by atoms with van der Waals surface area (Å²) in [5, 5.41) is 0.989. The van der Waals surface area contributed by atoms with E-state index in [1.807, 2.05) is 31.2 Å². The predicted molar refractivity (Wildman–Crippen MR) is 79.9 cm³/mol. The molecule has 0 bridgehead atoms. The molecule has 3 heteroatoms. The van der Waals surface area contributed by atoms with E-state index in [0.717, 1.165) is 36.7 Å². The normalized spacial score (nSPS) is 18.3. The van der Waals surface area contributed by atoms with Crippen molar-refractivity contribution in [2.45, 2.75) is 51.0 Å². The number of carbonyl (C=O) groups excluding carboxylic acids is 1. The minimum atomic E-state index is -0.329. The minimum absolute atomic E-state index is 0.0308. The fraction of sp³-hybridized carbons (Fsp3) is 0.471. The predicted octanol–water partition coefficient (Wildman–Crippen LogP) is 3.98. The molecule has 2 N–H and O–H groups in total. The smallest absolute Gasteiger partial charge is 0.199 e. The van der Waals surface area contributed by atoms with Crippen LogP contribution in [0.1, 0.15) is 54.6 Å². The van der Waals surface area contributed by atoms with Crippen LogP contribution in [0.5, 0.6) is 0 Å². The van der Waals surface area contributed by atoms with Gasteiger partial charge >= 0.3 is 0 Å². The first-order valence-electron chi connectivity index (χ1n) is 7.38. The van der Waals surface area contributed by atoms with Gasteiger partial charge in [-0.2, -0.15) is 0 Å². The molecule has 0 radical (unpaired) electrons. The minimum Gasteiger partial charge on any atom is -0.453 e. The van der Waals surface area contributed by atoms with E-state index in [1.54, 1.807) is 0 Å². The molecule has 1 aromatic carbocycles. The molecule has 0 atom stereocenters. The Labute approximate surface area is 119 Å². The molecule has 20 heavy (non-hydrogen) atoms. The molecule has 0 spiro atoms. The number of ketones is 1. The van der Waals surface area contributed by atoms with Gasteiger partial charge in [-0.3, -0.25) is 4.79 Å². The molecule has 0 amide bonds. The Balaban J connectivity index is 1.81. The molecule has 1 heterocycles. The Morgan fingerprint density at radius 3 is 2.75 bits per heavy atom. The van der Waals surface area contributed by atoms with Crippen LogP contribution >= 0.6 is 0 Å². The number of aryl methyl sites for hydroxylation is 1. The average Bonchev–Trinajstić information content (AvgIpc) is 2.82. The Kier molecular flexibility index (Phi) is 3.38. The summed E-state index contributed by atoms with van der Waals surface area (Å²) in [5.41, 5.74) is 7.96. The summed E-state index contributed by atoms with van der Waals surface area (Å²) in [6.07, 6.45) is 5.77. The van der Waals surface area contributed by atoms with E-state index in [9.17, 15) is 4.79 Å². The van der Waals surface area contributed by atoms with Gasteiger partial charge in [0.05, 0.1) is 0 Å². The van der Waals surface area contributed by atoms with Crippen molar-refractivity contribution in [3.63, 3.8) is 0 Å². The van der Waals surface area contributed by atoms with Gasteiger partial charge in [-0.25, -0.2) is 0 Å². The second-order valence-electron chi connectivity index (χ2n) is 6.17. The third kappa shape index (κ3) is 2.63. The second-order valence-corrected chi connectivity index (χ2v) is 6.17. The molecule has 1 aliphatic rings. The van der Waals surface area contributed by atoms with Gasteiger partial charge in [0.15, 0.2) is 11.5 Å². The molecule has 3 nitrogen and oxygen atoms in total. The molecule has 1 fully saturated rings. The monoisotopic (exact) mass is 271 g/mol. The van der Waals surface area contributed by atoms with Crippen molar-refractivity contribution in [3.05, 3.63) is 35.6 Å². The van der Waals surface area contributed by atoms with Gasteiger partial charge in [-0.15, -0.1) is 0 Å². The fourth-order valence-corrected chi connectivity index (χ4v) is 3.14. The Morgan fingerprint density at radius 1 is 1.25 bits per heavy atom. The van der Waals surface area contributed by atoms with Gasteiger partial charge < -0.3 is 10.2 Å². The average molecular weight is 271 g/mol. The summed E-state index contributed by atoms with van der Waals surface area (Å²) in [7, 11) is 0. The van der Waals surface area contributed by atoms with Crippen molar-refractivity contribution in [1.82, 2.24) is 0 Å². The number of carbonyl (C=O) groups is 1. The maximum Gasteiger partial charge on any atom is 0.199 e. The summed E-state index contributed by atoms with van der Waals surface area (Å²) >= 11 is 0. The number of hydrogen-bond acceptors (Lipinski definition) is 3. The molecule has 0 saturated heterocycles. The highest BCUT2D eigenvalue weighted by Crippen LogP contribution is 2.31. The zero-order valence-electron chi connectivity index (χ0n) is 11.9. The van der Waals surface area contributed by atoms with E-state index in [-0.39, 0.29) is 11.3 Å². The van der Waals surface area contributed by atoms with Crippen LogP contribution in [0, 0.1) is 6.92 Å². The van der Waals surface area contributed by atoms with Gasteiger partial charge in [0, 0.05) is 17.3 Å². The lowest BCUT2D eigenvalue weighted by Gasteiger charge is -2.32. The highest BCUT2D eigenvalue weighted by molar-refractivity contribution is 5.98. The number of fused-ring (bicyclic) bond motifs is 1. The van der Waals surface area contributed by atoms with Crippen LogP contribution in [0.2, 0.25) is 0 Å². The van der Waals surface area contributed by atoms with Crippen LogP contribution in [0.25, 0.3) is 11.0 Å². The maximum absolute atomic E-state index is 12.4. The fourth-order valence-electron chi connectivity index (χ4n) is 3.14. The van der Waals surface area contributed by atoms with Gasteiger partial charge in [0.25, 0.3) is 0 Å². The molecule has 1 aromatic heterocycles. The highest BCUT2D eigenvalue weighted by Gasteiger charge is 2.31. The summed E-state index contributed by atoms with van der Waals surface area (Å²) in [6.45, 7) is 2.03. The molecule has 2 aromatic rings. The standard InChI is InChI=1S/C17H21NO2/c1-12-5-6-15-13(9-12)10-16(20-15)14(19)11-17(18)7-3-2-4-8-17/h5-6,9-10H,2-4,7-8,11,18H2,1H3. The number of nitrogens with two attached hydrogens (primary N) is 1. The quantitative estimate of drug-likeness (QED) is 0.859. The molecule has 1 aliphatic carbocycles. The van der Waals surface area contributed by atoms with Crippen molar-refractivity contribution in [2.75, 3.05) is 0 Å². The maximum atomic E-state index is 12.4. The van der Waals surface area contributed by atoms with E-state index in [1.165, 1.54) is 12.0 Å². The molecular formula is C17H21NO2. The van der Waals surface area contributed by atoms with Crippen LogP contribution < -0.4 is 5.73 Å². The highest BCUT2D eigenvalue weighted by atomic mass is 16.3. The molecule has 1 saturated carbocycles. The van der Waals surface area contributed by atoms with Gasteiger partial charge in [-0.05, 0) is 38.0 Å². The van der Waals surface area contributed by atoms with Gasteiger partial charge in [0.2, 0.25) is 0 Å². The Morgan fingerprint density at radius 2 is 2.00 bits per heavy atom. The first-order valence-corrected chi connectivity index (χ1v) is 7.38. The van der Waals surface area contributed by atoms with Crippen LogP contribution in [-0.2, 0) is 0 Å². The topological polar surface area (TPSA) is 56.2 Å². The van der Waals surface area contributed by atoms with Crippen LogP contribution in [-0.4, -0.2) is 11.3 Å². The summed E-state index contributed by atoms with van der Waals surface area (Å²) in [6, 6.07) is 7.79. The number of benzene rings is 1. The van der Waals surface area contributed by atoms with E-state index in [0.29, 0.717) is 12.2 Å². The molecule has 0 aliphatic heterocycles. The molecular weight excluding hydrogens is 250 g/mol. The van der Waals surface area contributed by atoms with Crippen LogP contribution in [0.15, 0.2) is 28.7 Å². The zero-order valence-corrected chi connectivity index (χ0v) is 11.9. The Hall–Kier alpha value is -1.61. The Bertz CT molecular complexity index is 635. The third-order valence-electron chi connectivity index (χ3n) is 4.31. The first-order chi connectivity index (χ1) is 9.56. The summed E-state index contributed by atoms with van der Waals surface area (Å²) in [4.78, 5) is 12.4. The number of hydrogen-bond donors (Lipinski definition) is 1. The largest absolute Gasteiger partial charge is 0.453 e. The zero-order chi connectivity index (χ0) is 14.2. The van der Waals surface area contributed by atoms with Crippen LogP contribution in [0.4, 0.5) is 0 Å². The number of furan rings is 1. The molecule has 106 valence electrons.